The molecule has 1 aromatic rings. The van der Waals surface area contributed by atoms with Crippen molar-refractivity contribution in [2.45, 2.75) is 44.2 Å². The van der Waals surface area contributed by atoms with Gasteiger partial charge >= 0.3 is 0 Å². The van der Waals surface area contributed by atoms with Crippen molar-refractivity contribution in [2.75, 3.05) is 13.7 Å². The highest BCUT2D eigenvalue weighted by Crippen LogP contribution is 2.39. The van der Waals surface area contributed by atoms with E-state index in [1.165, 1.54) is 18.6 Å². The van der Waals surface area contributed by atoms with Crippen molar-refractivity contribution in [2.24, 2.45) is 0 Å². The zero-order chi connectivity index (χ0) is 13.0. The molecule has 0 heterocycles. The maximum Gasteiger partial charge on any atom is 0.123 e. The van der Waals surface area contributed by atoms with Gasteiger partial charge in [-0.15, -0.1) is 0 Å². The number of halogens is 1. The normalized spacial score (nSPS) is 19.3. The highest BCUT2D eigenvalue weighted by Gasteiger charge is 2.43. The van der Waals surface area contributed by atoms with Crippen LogP contribution in [0.3, 0.4) is 0 Å². The van der Waals surface area contributed by atoms with Gasteiger partial charge in [0.1, 0.15) is 5.82 Å². The Labute approximate surface area is 109 Å². The SMILES string of the molecule is CCNC(Cc1ccc(F)cc1)C1(OC)CCC1. The van der Waals surface area contributed by atoms with Crippen LogP contribution in [0.2, 0.25) is 0 Å². The summed E-state index contributed by atoms with van der Waals surface area (Å²) in [5.41, 5.74) is 1.13. The molecular weight excluding hydrogens is 229 g/mol. The Hall–Kier alpha value is -0.930. The minimum absolute atomic E-state index is 0.0234. The van der Waals surface area contributed by atoms with Crippen molar-refractivity contribution < 1.29 is 9.13 Å². The molecule has 18 heavy (non-hydrogen) atoms. The second-order valence-corrected chi connectivity index (χ2v) is 5.06. The van der Waals surface area contributed by atoms with E-state index in [1.807, 2.05) is 12.1 Å². The van der Waals surface area contributed by atoms with Crippen LogP contribution < -0.4 is 5.32 Å². The first-order chi connectivity index (χ1) is 8.70. The van der Waals surface area contributed by atoms with Gasteiger partial charge in [0.05, 0.1) is 5.60 Å². The third-order valence-electron chi connectivity index (χ3n) is 4.05. The Bertz CT molecular complexity index is 367. The molecular formula is C15H22FNO. The maximum atomic E-state index is 12.9. The molecule has 1 atom stereocenters. The van der Waals surface area contributed by atoms with Crippen LogP contribution in [-0.4, -0.2) is 25.3 Å². The summed E-state index contributed by atoms with van der Waals surface area (Å²) < 4.78 is 18.7. The molecule has 0 radical (unpaired) electrons. The van der Waals surface area contributed by atoms with Gasteiger partial charge in [0.2, 0.25) is 0 Å². The van der Waals surface area contributed by atoms with Crippen molar-refractivity contribution in [3.8, 4) is 0 Å². The maximum absolute atomic E-state index is 12.9. The van der Waals surface area contributed by atoms with Gasteiger partial charge in [0.15, 0.2) is 0 Å². The first-order valence-corrected chi connectivity index (χ1v) is 6.73. The van der Waals surface area contributed by atoms with E-state index in [0.717, 1.165) is 31.4 Å². The van der Waals surface area contributed by atoms with E-state index in [1.54, 1.807) is 7.11 Å². The van der Waals surface area contributed by atoms with E-state index in [2.05, 4.69) is 12.2 Å². The van der Waals surface area contributed by atoms with Crippen molar-refractivity contribution in [1.82, 2.24) is 5.32 Å². The molecule has 0 amide bonds. The largest absolute Gasteiger partial charge is 0.377 e. The molecule has 0 aromatic heterocycles. The molecule has 0 spiro atoms. The molecule has 1 aliphatic carbocycles. The van der Waals surface area contributed by atoms with Gasteiger partial charge in [-0.05, 0) is 49.9 Å². The number of hydrogen-bond acceptors (Lipinski definition) is 2. The monoisotopic (exact) mass is 251 g/mol. The average Bonchev–Trinajstić information content (AvgIpc) is 2.31. The fraction of sp³-hybridized carbons (Fsp3) is 0.600. The lowest BCUT2D eigenvalue weighted by molar-refractivity contribution is -0.0978. The zero-order valence-electron chi connectivity index (χ0n) is 11.2. The van der Waals surface area contributed by atoms with E-state index in [0.29, 0.717) is 6.04 Å². The molecule has 1 N–H and O–H groups in total. The minimum Gasteiger partial charge on any atom is -0.377 e. The lowest BCUT2D eigenvalue weighted by atomic mass is 9.72. The summed E-state index contributed by atoms with van der Waals surface area (Å²) in [6, 6.07) is 7.09. The van der Waals surface area contributed by atoms with Gasteiger partial charge in [-0.3, -0.25) is 0 Å². The Morgan fingerprint density at radius 3 is 2.44 bits per heavy atom. The summed E-state index contributed by atoms with van der Waals surface area (Å²) in [5, 5.41) is 3.52. The summed E-state index contributed by atoms with van der Waals surface area (Å²) >= 11 is 0. The first-order valence-electron chi connectivity index (χ1n) is 6.73. The Kier molecular flexibility index (Phi) is 4.36. The van der Waals surface area contributed by atoms with Gasteiger partial charge in [-0.2, -0.15) is 0 Å². The van der Waals surface area contributed by atoms with Gasteiger partial charge in [-0.25, -0.2) is 4.39 Å². The number of likely N-dealkylation sites (N-methyl/N-ethyl adjacent to an activating group) is 1. The first kappa shape index (κ1) is 13.5. The van der Waals surface area contributed by atoms with E-state index in [4.69, 9.17) is 4.74 Å². The smallest absolute Gasteiger partial charge is 0.123 e. The number of hydrogen-bond donors (Lipinski definition) is 1. The highest BCUT2D eigenvalue weighted by atomic mass is 19.1. The second kappa shape index (κ2) is 5.81. The van der Waals surface area contributed by atoms with Crippen LogP contribution in [0.4, 0.5) is 4.39 Å². The molecule has 2 nitrogen and oxygen atoms in total. The zero-order valence-corrected chi connectivity index (χ0v) is 11.2. The molecule has 1 fully saturated rings. The van der Waals surface area contributed by atoms with Crippen molar-refractivity contribution in [3.63, 3.8) is 0 Å². The van der Waals surface area contributed by atoms with Crippen molar-refractivity contribution >= 4 is 0 Å². The van der Waals surface area contributed by atoms with Gasteiger partial charge in [-0.1, -0.05) is 19.1 Å². The Balaban J connectivity index is 2.08. The molecule has 1 aliphatic rings. The molecule has 1 unspecified atom stereocenters. The van der Waals surface area contributed by atoms with Crippen LogP contribution in [-0.2, 0) is 11.2 Å². The Morgan fingerprint density at radius 2 is 2.00 bits per heavy atom. The number of nitrogens with one attached hydrogen (secondary N) is 1. The summed E-state index contributed by atoms with van der Waals surface area (Å²) in [5.74, 6) is -0.177. The lowest BCUT2D eigenvalue weighted by Gasteiger charge is -2.47. The minimum atomic E-state index is -0.177. The number of benzene rings is 1. The molecule has 100 valence electrons. The molecule has 3 heteroatoms. The summed E-state index contributed by atoms with van der Waals surface area (Å²) in [4.78, 5) is 0. The average molecular weight is 251 g/mol. The predicted octanol–water partition coefficient (Wildman–Crippen LogP) is 2.92. The summed E-state index contributed by atoms with van der Waals surface area (Å²) in [6.07, 6.45) is 4.35. The van der Waals surface area contributed by atoms with E-state index in [-0.39, 0.29) is 11.4 Å². The fourth-order valence-electron chi connectivity index (χ4n) is 2.77. The van der Waals surface area contributed by atoms with Gasteiger partial charge < -0.3 is 10.1 Å². The number of rotatable bonds is 6. The van der Waals surface area contributed by atoms with E-state index < -0.39 is 0 Å². The van der Waals surface area contributed by atoms with Crippen LogP contribution in [0.25, 0.3) is 0 Å². The molecule has 0 bridgehead atoms. The lowest BCUT2D eigenvalue weighted by Crippen LogP contribution is -2.57. The summed E-state index contributed by atoms with van der Waals surface area (Å²) in [7, 11) is 1.80. The number of ether oxygens (including phenoxy) is 1. The molecule has 1 saturated carbocycles. The van der Waals surface area contributed by atoms with Crippen molar-refractivity contribution in [3.05, 3.63) is 35.6 Å². The van der Waals surface area contributed by atoms with Gasteiger partial charge in [0, 0.05) is 13.2 Å². The third kappa shape index (κ3) is 2.73. The van der Waals surface area contributed by atoms with Crippen LogP contribution in [0.1, 0.15) is 31.7 Å². The second-order valence-electron chi connectivity index (χ2n) is 5.06. The van der Waals surface area contributed by atoms with Crippen LogP contribution in [0.15, 0.2) is 24.3 Å². The highest BCUT2D eigenvalue weighted by molar-refractivity contribution is 5.19. The van der Waals surface area contributed by atoms with E-state index in [9.17, 15) is 4.39 Å². The molecule has 0 aliphatic heterocycles. The van der Waals surface area contributed by atoms with Gasteiger partial charge in [0.25, 0.3) is 0 Å². The van der Waals surface area contributed by atoms with E-state index >= 15 is 0 Å². The number of methoxy groups -OCH3 is 1. The third-order valence-corrected chi connectivity index (χ3v) is 4.05. The molecule has 2 rings (SSSR count). The fourth-order valence-corrected chi connectivity index (χ4v) is 2.77. The van der Waals surface area contributed by atoms with Crippen molar-refractivity contribution in [1.29, 1.82) is 0 Å². The Morgan fingerprint density at radius 1 is 1.33 bits per heavy atom. The molecule has 0 saturated heterocycles. The predicted molar refractivity (Wildman–Crippen MR) is 71.2 cm³/mol. The molecule has 1 aromatic carbocycles. The standard InChI is InChI=1S/C15H22FNO/c1-3-17-14(15(18-2)9-4-10-15)11-12-5-7-13(16)8-6-12/h5-8,14,17H,3-4,9-11H2,1-2H3. The quantitative estimate of drug-likeness (QED) is 0.839. The topological polar surface area (TPSA) is 21.3 Å². The van der Waals surface area contributed by atoms with Crippen LogP contribution in [0, 0.1) is 5.82 Å². The summed E-state index contributed by atoms with van der Waals surface area (Å²) in [6.45, 7) is 3.04. The van der Waals surface area contributed by atoms with Crippen LogP contribution in [0.5, 0.6) is 0 Å². The van der Waals surface area contributed by atoms with Crippen LogP contribution >= 0.6 is 0 Å².